The highest BCUT2D eigenvalue weighted by molar-refractivity contribution is 6.32. The number of hydrogen-bond acceptors (Lipinski definition) is 8. The Kier molecular flexibility index (Phi) is 5.26. The van der Waals surface area contributed by atoms with Gasteiger partial charge in [0.25, 0.3) is 11.4 Å². The van der Waals surface area contributed by atoms with Gasteiger partial charge in [0.2, 0.25) is 5.82 Å². The van der Waals surface area contributed by atoms with E-state index >= 15 is 0 Å². The number of ether oxygens (including phenoxy) is 2. The van der Waals surface area contributed by atoms with E-state index in [4.69, 9.17) is 25.6 Å². The van der Waals surface area contributed by atoms with Crippen LogP contribution in [-0.4, -0.2) is 44.9 Å². The maximum atomic E-state index is 13.5. The second-order valence-corrected chi connectivity index (χ2v) is 7.71. The number of fused-ring (bicyclic) bond motifs is 3. The van der Waals surface area contributed by atoms with E-state index in [1.54, 1.807) is 37.5 Å². The molecule has 10 nitrogen and oxygen atoms in total. The van der Waals surface area contributed by atoms with Crippen LogP contribution in [0.4, 0.5) is 0 Å². The molecule has 3 heterocycles. The molecule has 0 radical (unpaired) electrons. The van der Waals surface area contributed by atoms with E-state index in [9.17, 15) is 10.1 Å². The molecule has 11 heteroatoms. The molecular weight excluding hydrogens is 424 g/mol. The van der Waals surface area contributed by atoms with Crippen LogP contribution in [0.2, 0.25) is 5.02 Å². The van der Waals surface area contributed by atoms with Gasteiger partial charge >= 0.3 is 0 Å². The van der Waals surface area contributed by atoms with Crippen molar-refractivity contribution in [3.05, 3.63) is 45.2 Å². The standard InChI is InChI=1S/C20H19ClN6O4/c1-20(2,30-4)19-24-17(31-25-19)14-16-18(28)26(7-8-29-3)15-11(9-22)12(21)5-6-13(15)27(16)10-23-14/h5-6,10H,7-8H2,1-4H3. The maximum Gasteiger partial charge on any atom is 0.279 e. The Morgan fingerprint density at radius 1 is 1.29 bits per heavy atom. The number of rotatable bonds is 6. The SMILES string of the molecule is COCCn1c(=O)c2c(-c3nc(C(C)(C)OC)no3)ncn2c2ccc(Cl)c(C#N)c21. The van der Waals surface area contributed by atoms with Crippen LogP contribution >= 0.6 is 11.6 Å². The van der Waals surface area contributed by atoms with Crippen LogP contribution in [-0.2, 0) is 21.6 Å². The van der Waals surface area contributed by atoms with Gasteiger partial charge < -0.3 is 18.6 Å². The first-order valence-corrected chi connectivity index (χ1v) is 9.72. The van der Waals surface area contributed by atoms with Gasteiger partial charge in [-0.2, -0.15) is 10.2 Å². The van der Waals surface area contributed by atoms with Gasteiger partial charge in [-0.3, -0.25) is 9.20 Å². The molecule has 0 spiro atoms. The number of methoxy groups -OCH3 is 2. The second-order valence-electron chi connectivity index (χ2n) is 7.30. The summed E-state index contributed by atoms with van der Waals surface area (Å²) in [7, 11) is 3.08. The zero-order valence-corrected chi connectivity index (χ0v) is 18.1. The summed E-state index contributed by atoms with van der Waals surface area (Å²) in [6, 6.07) is 5.43. The number of hydrogen-bond donors (Lipinski definition) is 0. The van der Waals surface area contributed by atoms with Crippen LogP contribution < -0.4 is 5.56 Å². The smallest absolute Gasteiger partial charge is 0.279 e. The first kappa shape index (κ1) is 21.0. The predicted molar refractivity (Wildman–Crippen MR) is 112 cm³/mol. The molecule has 31 heavy (non-hydrogen) atoms. The van der Waals surface area contributed by atoms with Crippen molar-refractivity contribution in [2.75, 3.05) is 20.8 Å². The number of benzene rings is 1. The molecule has 0 aliphatic carbocycles. The summed E-state index contributed by atoms with van der Waals surface area (Å²) in [6.45, 7) is 4.07. The largest absolute Gasteiger partial charge is 0.383 e. The molecule has 0 aliphatic heterocycles. The number of imidazole rings is 1. The Hall–Kier alpha value is -3.26. The van der Waals surface area contributed by atoms with E-state index in [1.807, 2.05) is 0 Å². The summed E-state index contributed by atoms with van der Waals surface area (Å²) in [4.78, 5) is 22.3. The van der Waals surface area contributed by atoms with E-state index in [0.29, 0.717) is 16.9 Å². The van der Waals surface area contributed by atoms with Crippen LogP contribution in [0.3, 0.4) is 0 Å². The fourth-order valence-electron chi connectivity index (χ4n) is 3.30. The summed E-state index contributed by atoms with van der Waals surface area (Å²) >= 11 is 6.23. The summed E-state index contributed by atoms with van der Waals surface area (Å²) < 4.78 is 19.0. The summed E-state index contributed by atoms with van der Waals surface area (Å²) in [6.07, 6.45) is 1.48. The quantitative estimate of drug-likeness (QED) is 0.447. The van der Waals surface area contributed by atoms with Crippen molar-refractivity contribution < 1.29 is 14.0 Å². The van der Waals surface area contributed by atoms with Gasteiger partial charge in [-0.1, -0.05) is 16.8 Å². The summed E-state index contributed by atoms with van der Waals surface area (Å²) in [5.41, 5.74) is 0.495. The van der Waals surface area contributed by atoms with Crippen LogP contribution in [0.1, 0.15) is 25.2 Å². The van der Waals surface area contributed by atoms with Crippen molar-refractivity contribution in [2.24, 2.45) is 0 Å². The Bertz CT molecular complexity index is 1390. The Labute approximate surface area is 181 Å². The lowest BCUT2D eigenvalue weighted by molar-refractivity contribution is 0.00973. The number of nitriles is 1. The van der Waals surface area contributed by atoms with Crippen molar-refractivity contribution in [1.29, 1.82) is 5.26 Å². The molecule has 0 amide bonds. The lowest BCUT2D eigenvalue weighted by Crippen LogP contribution is -2.25. The minimum atomic E-state index is -0.777. The second kappa shape index (κ2) is 7.77. The third-order valence-corrected chi connectivity index (χ3v) is 5.47. The molecule has 0 fully saturated rings. The molecule has 0 bridgehead atoms. The van der Waals surface area contributed by atoms with Crippen molar-refractivity contribution in [3.8, 4) is 17.7 Å². The zero-order valence-electron chi connectivity index (χ0n) is 17.3. The van der Waals surface area contributed by atoms with E-state index < -0.39 is 5.60 Å². The number of nitrogens with zero attached hydrogens (tertiary/aromatic N) is 6. The minimum absolute atomic E-state index is 0.0897. The normalized spacial score (nSPS) is 12.0. The first-order chi connectivity index (χ1) is 14.8. The molecule has 4 rings (SSSR count). The van der Waals surface area contributed by atoms with Crippen molar-refractivity contribution in [1.82, 2.24) is 24.1 Å². The molecular formula is C20H19ClN6O4. The molecule has 0 aliphatic rings. The minimum Gasteiger partial charge on any atom is -0.383 e. The number of halogens is 1. The fourth-order valence-corrected chi connectivity index (χ4v) is 3.50. The van der Waals surface area contributed by atoms with Crippen molar-refractivity contribution in [3.63, 3.8) is 0 Å². The van der Waals surface area contributed by atoms with E-state index in [2.05, 4.69) is 21.2 Å². The van der Waals surface area contributed by atoms with Gasteiger partial charge in [0.1, 0.15) is 23.5 Å². The number of aromatic nitrogens is 5. The Balaban J connectivity index is 2.06. The topological polar surface area (TPSA) is 120 Å². The molecule has 0 N–H and O–H groups in total. The summed E-state index contributed by atoms with van der Waals surface area (Å²) in [5, 5.41) is 13.9. The third kappa shape index (κ3) is 3.27. The molecule has 0 saturated heterocycles. The highest BCUT2D eigenvalue weighted by atomic mass is 35.5. The van der Waals surface area contributed by atoms with E-state index in [1.165, 1.54) is 18.0 Å². The average Bonchev–Trinajstić information content (AvgIpc) is 3.41. The highest BCUT2D eigenvalue weighted by Crippen LogP contribution is 2.29. The predicted octanol–water partition coefficient (Wildman–Crippen LogP) is 2.75. The van der Waals surface area contributed by atoms with Crippen molar-refractivity contribution in [2.45, 2.75) is 26.0 Å². The lowest BCUT2D eigenvalue weighted by Gasteiger charge is -2.17. The van der Waals surface area contributed by atoms with Crippen LogP contribution in [0, 0.1) is 11.3 Å². The molecule has 4 aromatic rings. The molecule has 160 valence electrons. The Morgan fingerprint density at radius 2 is 2.06 bits per heavy atom. The van der Waals surface area contributed by atoms with Gasteiger partial charge in [0, 0.05) is 20.8 Å². The van der Waals surface area contributed by atoms with Crippen LogP contribution in [0.5, 0.6) is 0 Å². The van der Waals surface area contributed by atoms with Crippen LogP contribution in [0.15, 0.2) is 27.8 Å². The monoisotopic (exact) mass is 442 g/mol. The third-order valence-electron chi connectivity index (χ3n) is 5.16. The molecule has 3 aromatic heterocycles. The maximum absolute atomic E-state index is 13.5. The fraction of sp³-hybridized carbons (Fsp3) is 0.350. The van der Waals surface area contributed by atoms with Gasteiger partial charge in [-0.05, 0) is 26.0 Å². The molecule has 0 saturated carbocycles. The lowest BCUT2D eigenvalue weighted by atomic mass is 10.1. The molecule has 0 unspecified atom stereocenters. The highest BCUT2D eigenvalue weighted by Gasteiger charge is 2.29. The Morgan fingerprint density at radius 3 is 2.74 bits per heavy atom. The average molecular weight is 443 g/mol. The molecule has 1 aromatic carbocycles. The molecule has 0 atom stereocenters. The van der Waals surface area contributed by atoms with Crippen molar-refractivity contribution >= 4 is 28.2 Å². The zero-order chi connectivity index (χ0) is 22.3. The van der Waals surface area contributed by atoms with Gasteiger partial charge in [0.05, 0.1) is 28.2 Å². The van der Waals surface area contributed by atoms with E-state index in [-0.39, 0.29) is 46.4 Å². The summed E-state index contributed by atoms with van der Waals surface area (Å²) in [5.74, 6) is 0.414. The van der Waals surface area contributed by atoms with E-state index in [0.717, 1.165) is 0 Å². The van der Waals surface area contributed by atoms with Gasteiger partial charge in [-0.15, -0.1) is 0 Å². The van der Waals surface area contributed by atoms with Gasteiger partial charge in [-0.25, -0.2) is 4.98 Å². The van der Waals surface area contributed by atoms with Crippen LogP contribution in [0.25, 0.3) is 28.1 Å². The van der Waals surface area contributed by atoms with Gasteiger partial charge in [0.15, 0.2) is 5.69 Å². The first-order valence-electron chi connectivity index (χ1n) is 9.34.